The summed E-state index contributed by atoms with van der Waals surface area (Å²) in [6, 6.07) is 14.9. The molecule has 27 heavy (non-hydrogen) atoms. The molecule has 0 fully saturated rings. The third kappa shape index (κ3) is 3.57. The van der Waals surface area contributed by atoms with Crippen molar-refractivity contribution < 1.29 is 9.32 Å². The van der Waals surface area contributed by atoms with Gasteiger partial charge in [0.05, 0.1) is 23.9 Å². The minimum atomic E-state index is -0.180. The highest BCUT2D eigenvalue weighted by Crippen LogP contribution is 2.22. The molecule has 1 amide bonds. The number of carbonyl (C=O) groups excluding carboxylic acids is 1. The maximum absolute atomic E-state index is 12.1. The van der Waals surface area contributed by atoms with Crippen LogP contribution in [0.25, 0.3) is 22.4 Å². The zero-order valence-electron chi connectivity index (χ0n) is 14.9. The average Bonchev–Trinajstić information content (AvgIpc) is 3.34. The van der Waals surface area contributed by atoms with E-state index in [-0.39, 0.29) is 12.5 Å². The van der Waals surface area contributed by atoms with Crippen molar-refractivity contribution in [3.63, 3.8) is 0 Å². The van der Waals surface area contributed by atoms with E-state index >= 15 is 0 Å². The first kappa shape index (κ1) is 17.0. The topological polar surface area (TPSA) is 85.8 Å². The molecule has 4 rings (SSSR count). The molecule has 0 aliphatic rings. The first-order chi connectivity index (χ1) is 13.2. The lowest BCUT2D eigenvalue weighted by Gasteiger charge is -2.02. The lowest BCUT2D eigenvalue weighted by molar-refractivity contribution is 0.0946. The third-order valence-corrected chi connectivity index (χ3v) is 4.25. The van der Waals surface area contributed by atoms with E-state index in [1.54, 1.807) is 12.1 Å². The van der Waals surface area contributed by atoms with Crippen LogP contribution in [0.5, 0.6) is 0 Å². The Morgan fingerprint density at radius 2 is 2.04 bits per heavy atom. The molecule has 0 saturated carbocycles. The fourth-order valence-electron chi connectivity index (χ4n) is 2.91. The van der Waals surface area contributed by atoms with Crippen molar-refractivity contribution in [2.75, 3.05) is 0 Å². The molecule has 0 radical (unpaired) electrons. The summed E-state index contributed by atoms with van der Waals surface area (Å²) < 4.78 is 7.39. The molecule has 2 heterocycles. The van der Waals surface area contributed by atoms with Crippen LogP contribution in [0.3, 0.4) is 0 Å². The smallest absolute Gasteiger partial charge is 0.251 e. The Kier molecular flexibility index (Phi) is 4.65. The maximum Gasteiger partial charge on any atom is 0.251 e. The molecule has 0 saturated heterocycles. The minimum Gasteiger partial charge on any atom is -0.343 e. The predicted octanol–water partition coefficient (Wildman–Crippen LogP) is 3.43. The molecule has 136 valence electrons. The quantitative estimate of drug-likeness (QED) is 0.569. The zero-order chi connectivity index (χ0) is 18.6. The number of carbonyl (C=O) groups is 1. The third-order valence-electron chi connectivity index (χ3n) is 4.25. The van der Waals surface area contributed by atoms with Crippen molar-refractivity contribution in [2.45, 2.75) is 26.4 Å². The highest BCUT2D eigenvalue weighted by Gasteiger charge is 2.12. The zero-order valence-corrected chi connectivity index (χ0v) is 14.9. The highest BCUT2D eigenvalue weighted by molar-refractivity contribution is 5.94. The monoisotopic (exact) mass is 361 g/mol. The van der Waals surface area contributed by atoms with E-state index in [4.69, 9.17) is 4.52 Å². The van der Waals surface area contributed by atoms with Gasteiger partial charge < -0.3 is 14.4 Å². The highest BCUT2D eigenvalue weighted by atomic mass is 16.5. The Hall–Kier alpha value is -3.48. The van der Waals surface area contributed by atoms with Gasteiger partial charge in [0.25, 0.3) is 5.91 Å². The second-order valence-electron chi connectivity index (χ2n) is 6.20. The van der Waals surface area contributed by atoms with Gasteiger partial charge in [-0.05, 0) is 36.8 Å². The van der Waals surface area contributed by atoms with Crippen molar-refractivity contribution in [3.8, 4) is 11.4 Å². The summed E-state index contributed by atoms with van der Waals surface area (Å²) in [5, 5.41) is 6.82. The van der Waals surface area contributed by atoms with Gasteiger partial charge in [-0.2, -0.15) is 4.98 Å². The Labute approximate surface area is 156 Å². The molecule has 0 spiro atoms. The molecule has 1 N–H and O–H groups in total. The van der Waals surface area contributed by atoms with E-state index in [1.807, 2.05) is 42.7 Å². The van der Waals surface area contributed by atoms with Crippen LogP contribution in [0.4, 0.5) is 0 Å². The summed E-state index contributed by atoms with van der Waals surface area (Å²) >= 11 is 0. The molecule has 7 nitrogen and oxygen atoms in total. The normalized spacial score (nSPS) is 11.0. The summed E-state index contributed by atoms with van der Waals surface area (Å²) in [5.41, 5.74) is 3.42. The van der Waals surface area contributed by atoms with Crippen molar-refractivity contribution in [3.05, 3.63) is 66.3 Å². The molecule has 2 aromatic carbocycles. The molecular weight excluding hydrogens is 342 g/mol. The first-order valence-electron chi connectivity index (χ1n) is 8.85. The minimum absolute atomic E-state index is 0.177. The number of aryl methyl sites for hydroxylation is 1. The predicted molar refractivity (Wildman–Crippen MR) is 101 cm³/mol. The number of aromatic nitrogens is 4. The van der Waals surface area contributed by atoms with Gasteiger partial charge in [0, 0.05) is 17.7 Å². The molecule has 7 heteroatoms. The molecule has 0 bridgehead atoms. The van der Waals surface area contributed by atoms with Crippen LogP contribution in [0.2, 0.25) is 0 Å². The number of imidazole rings is 1. The second-order valence-corrected chi connectivity index (χ2v) is 6.20. The largest absolute Gasteiger partial charge is 0.343 e. The van der Waals surface area contributed by atoms with Crippen molar-refractivity contribution in [1.29, 1.82) is 0 Å². The summed E-state index contributed by atoms with van der Waals surface area (Å²) in [6.07, 6.45) is 2.88. The van der Waals surface area contributed by atoms with E-state index < -0.39 is 0 Å². The van der Waals surface area contributed by atoms with E-state index in [0.29, 0.717) is 17.3 Å². The van der Waals surface area contributed by atoms with Crippen LogP contribution in [-0.2, 0) is 13.1 Å². The number of rotatable bonds is 6. The van der Waals surface area contributed by atoms with Crippen LogP contribution < -0.4 is 5.32 Å². The lowest BCUT2D eigenvalue weighted by Crippen LogP contribution is -2.22. The molecule has 0 aliphatic carbocycles. The van der Waals surface area contributed by atoms with Gasteiger partial charge in [-0.15, -0.1) is 0 Å². The van der Waals surface area contributed by atoms with Gasteiger partial charge >= 0.3 is 0 Å². The van der Waals surface area contributed by atoms with Crippen LogP contribution in [0.1, 0.15) is 29.6 Å². The Bertz CT molecular complexity index is 1070. The summed E-state index contributed by atoms with van der Waals surface area (Å²) in [7, 11) is 0. The van der Waals surface area contributed by atoms with E-state index in [9.17, 15) is 4.79 Å². The molecule has 2 aromatic heterocycles. The average molecular weight is 361 g/mol. The summed E-state index contributed by atoms with van der Waals surface area (Å²) in [6.45, 7) is 3.21. The number of hydrogen-bond donors (Lipinski definition) is 1. The number of hydrogen-bond acceptors (Lipinski definition) is 5. The molecule has 0 atom stereocenters. The standard InChI is InChI=1S/C20H19N5O2/c1-2-10-25-13-22-16-9-8-15(11-17(16)25)19-23-18(27-24-19)12-21-20(26)14-6-4-3-5-7-14/h3-9,11,13H,2,10,12H2,1H3,(H,21,26). The number of amides is 1. The molecule has 4 aromatic rings. The van der Waals surface area contributed by atoms with Gasteiger partial charge in [0.15, 0.2) is 0 Å². The Morgan fingerprint density at radius 3 is 2.85 bits per heavy atom. The summed E-state index contributed by atoms with van der Waals surface area (Å²) in [5.74, 6) is 0.668. The van der Waals surface area contributed by atoms with Crippen molar-refractivity contribution >= 4 is 16.9 Å². The van der Waals surface area contributed by atoms with E-state index in [2.05, 4.69) is 31.9 Å². The molecular formula is C20H19N5O2. The Morgan fingerprint density at radius 1 is 1.19 bits per heavy atom. The van der Waals surface area contributed by atoms with Gasteiger partial charge in [-0.3, -0.25) is 4.79 Å². The fourth-order valence-corrected chi connectivity index (χ4v) is 2.91. The number of nitrogens with one attached hydrogen (secondary N) is 1. The van der Waals surface area contributed by atoms with Gasteiger partial charge in [0.2, 0.25) is 11.7 Å². The van der Waals surface area contributed by atoms with Crippen LogP contribution in [0, 0.1) is 0 Å². The number of benzene rings is 2. The van der Waals surface area contributed by atoms with Crippen LogP contribution in [-0.4, -0.2) is 25.6 Å². The van der Waals surface area contributed by atoms with Crippen molar-refractivity contribution in [1.82, 2.24) is 25.0 Å². The van der Waals surface area contributed by atoms with Crippen LogP contribution >= 0.6 is 0 Å². The van der Waals surface area contributed by atoms with Gasteiger partial charge in [-0.1, -0.05) is 30.3 Å². The maximum atomic E-state index is 12.1. The van der Waals surface area contributed by atoms with E-state index in [0.717, 1.165) is 29.6 Å². The van der Waals surface area contributed by atoms with E-state index in [1.165, 1.54) is 0 Å². The number of nitrogens with zero attached hydrogens (tertiary/aromatic N) is 4. The Balaban J connectivity index is 1.50. The lowest BCUT2D eigenvalue weighted by atomic mass is 10.2. The van der Waals surface area contributed by atoms with Crippen molar-refractivity contribution in [2.24, 2.45) is 0 Å². The fraction of sp³-hybridized carbons (Fsp3) is 0.200. The number of fused-ring (bicyclic) bond motifs is 1. The molecule has 0 aliphatic heterocycles. The van der Waals surface area contributed by atoms with Gasteiger partial charge in [0.1, 0.15) is 0 Å². The first-order valence-corrected chi connectivity index (χ1v) is 8.85. The second kappa shape index (κ2) is 7.41. The molecule has 0 unspecified atom stereocenters. The van der Waals surface area contributed by atoms with Gasteiger partial charge in [-0.25, -0.2) is 4.98 Å². The van der Waals surface area contributed by atoms with Crippen LogP contribution in [0.15, 0.2) is 59.4 Å². The summed E-state index contributed by atoms with van der Waals surface area (Å²) in [4.78, 5) is 20.9. The SMILES string of the molecule is CCCn1cnc2ccc(-c3noc(CNC(=O)c4ccccc4)n3)cc21.